The first-order chi connectivity index (χ1) is 10.0. The number of ether oxygens (including phenoxy) is 1. The molecule has 0 saturated heterocycles. The van der Waals surface area contributed by atoms with Crippen molar-refractivity contribution in [3.05, 3.63) is 47.2 Å². The van der Waals surface area contributed by atoms with Crippen molar-refractivity contribution in [3.63, 3.8) is 0 Å². The van der Waals surface area contributed by atoms with Crippen LogP contribution in [0.2, 0.25) is 0 Å². The Balaban J connectivity index is 2.23. The predicted octanol–water partition coefficient (Wildman–Crippen LogP) is 2.55. The zero-order valence-electron chi connectivity index (χ0n) is 10.7. The van der Waals surface area contributed by atoms with E-state index in [2.05, 4.69) is 25.6 Å². The average molecular weight is 368 g/mol. The molecule has 0 aliphatic carbocycles. The molecule has 108 valence electrons. The summed E-state index contributed by atoms with van der Waals surface area (Å²) in [5.41, 5.74) is 0.338. The Hall–Kier alpha value is -2.11. The minimum absolute atomic E-state index is 0.0419. The summed E-state index contributed by atoms with van der Waals surface area (Å²) in [4.78, 5) is 3.87. The van der Waals surface area contributed by atoms with Crippen molar-refractivity contribution in [3.8, 4) is 11.8 Å². The third-order valence-electron chi connectivity index (χ3n) is 2.38. The normalized spacial score (nSPS) is 10.7. The van der Waals surface area contributed by atoms with Crippen LogP contribution in [0.4, 0.5) is 5.69 Å². The van der Waals surface area contributed by atoms with Gasteiger partial charge in [0.05, 0.1) is 5.69 Å². The Kier molecular flexibility index (Phi) is 4.77. The molecule has 6 nitrogen and oxygen atoms in total. The van der Waals surface area contributed by atoms with Gasteiger partial charge in [-0.25, -0.2) is 8.42 Å². The Morgan fingerprint density at radius 3 is 2.86 bits per heavy atom. The molecule has 1 aromatic heterocycles. The van der Waals surface area contributed by atoms with Crippen LogP contribution in [0, 0.1) is 11.3 Å². The molecule has 1 heterocycles. The van der Waals surface area contributed by atoms with Gasteiger partial charge in [-0.3, -0.25) is 9.71 Å². The molecule has 0 bridgehead atoms. The van der Waals surface area contributed by atoms with Crippen molar-refractivity contribution in [2.24, 2.45) is 0 Å². The van der Waals surface area contributed by atoms with E-state index >= 15 is 0 Å². The molecule has 0 atom stereocenters. The monoisotopic (exact) mass is 367 g/mol. The number of nitrogens with zero attached hydrogens (tertiary/aromatic N) is 2. The maximum Gasteiger partial charge on any atom is 0.263 e. The number of hydrogen-bond acceptors (Lipinski definition) is 5. The van der Waals surface area contributed by atoms with E-state index in [1.165, 1.54) is 24.5 Å². The number of benzene rings is 1. The van der Waals surface area contributed by atoms with Crippen LogP contribution in [-0.2, 0) is 10.0 Å². The van der Waals surface area contributed by atoms with E-state index in [9.17, 15) is 8.42 Å². The Morgan fingerprint density at radius 1 is 1.33 bits per heavy atom. The standard InChI is InChI=1S/C13H10BrN3O3S/c14-10-6-13(9-16-8-10)21(18,19)17-11-2-1-3-12(7-11)20-5-4-15/h1-3,6-9,17H,5H2. The van der Waals surface area contributed by atoms with Crippen molar-refractivity contribution >= 4 is 31.6 Å². The molecule has 0 amide bonds. The lowest BCUT2D eigenvalue weighted by molar-refractivity contribution is 0.368. The number of rotatable bonds is 5. The molecular weight excluding hydrogens is 358 g/mol. The molecule has 2 rings (SSSR count). The van der Waals surface area contributed by atoms with E-state index in [-0.39, 0.29) is 11.5 Å². The van der Waals surface area contributed by atoms with Gasteiger partial charge < -0.3 is 4.74 Å². The third-order valence-corrected chi connectivity index (χ3v) is 4.16. The fraction of sp³-hybridized carbons (Fsp3) is 0.0769. The Bertz CT molecular complexity index is 787. The fourth-order valence-corrected chi connectivity index (χ4v) is 3.07. The van der Waals surface area contributed by atoms with E-state index in [0.29, 0.717) is 15.9 Å². The zero-order chi connectivity index (χ0) is 15.3. The van der Waals surface area contributed by atoms with Crippen LogP contribution in [0.25, 0.3) is 0 Å². The van der Waals surface area contributed by atoms with Crippen LogP contribution < -0.4 is 9.46 Å². The number of anilines is 1. The molecule has 0 radical (unpaired) electrons. The van der Waals surface area contributed by atoms with Gasteiger partial charge in [-0.05, 0) is 34.1 Å². The number of halogens is 1. The topological polar surface area (TPSA) is 92.1 Å². The molecule has 21 heavy (non-hydrogen) atoms. The van der Waals surface area contributed by atoms with Gasteiger partial charge in [-0.1, -0.05) is 6.07 Å². The number of pyridine rings is 1. The summed E-state index contributed by atoms with van der Waals surface area (Å²) in [5, 5.41) is 8.46. The first kappa shape index (κ1) is 15.3. The van der Waals surface area contributed by atoms with Crippen molar-refractivity contribution in [1.82, 2.24) is 4.98 Å². The highest BCUT2D eigenvalue weighted by Crippen LogP contribution is 2.21. The second-order valence-corrected chi connectivity index (χ2v) is 6.52. The van der Waals surface area contributed by atoms with Gasteiger partial charge in [0.25, 0.3) is 10.0 Å². The van der Waals surface area contributed by atoms with E-state index in [1.807, 2.05) is 6.07 Å². The zero-order valence-corrected chi connectivity index (χ0v) is 13.1. The van der Waals surface area contributed by atoms with Gasteiger partial charge in [0.15, 0.2) is 6.61 Å². The Morgan fingerprint density at radius 2 is 2.14 bits per heavy atom. The van der Waals surface area contributed by atoms with Crippen molar-refractivity contribution in [2.75, 3.05) is 11.3 Å². The van der Waals surface area contributed by atoms with Gasteiger partial charge in [0.2, 0.25) is 0 Å². The maximum absolute atomic E-state index is 12.2. The summed E-state index contributed by atoms with van der Waals surface area (Å²) in [6.07, 6.45) is 2.75. The summed E-state index contributed by atoms with van der Waals surface area (Å²) >= 11 is 3.17. The number of aromatic nitrogens is 1. The SMILES string of the molecule is N#CCOc1cccc(NS(=O)(=O)c2cncc(Br)c2)c1. The van der Waals surface area contributed by atoms with E-state index in [4.69, 9.17) is 10.00 Å². The van der Waals surface area contributed by atoms with Crippen molar-refractivity contribution < 1.29 is 13.2 Å². The molecule has 1 N–H and O–H groups in total. The summed E-state index contributed by atoms with van der Waals surface area (Å²) in [6, 6.07) is 9.64. The van der Waals surface area contributed by atoms with Gasteiger partial charge in [0.1, 0.15) is 16.7 Å². The second-order valence-electron chi connectivity index (χ2n) is 3.92. The molecule has 0 fully saturated rings. The molecule has 0 saturated carbocycles. The minimum atomic E-state index is -3.74. The van der Waals surface area contributed by atoms with Crippen LogP contribution in [0.5, 0.6) is 5.75 Å². The molecule has 2 aromatic rings. The Labute approximate surface area is 130 Å². The fourth-order valence-electron chi connectivity index (χ4n) is 1.52. The van der Waals surface area contributed by atoms with Gasteiger partial charge in [0, 0.05) is 22.9 Å². The largest absolute Gasteiger partial charge is 0.479 e. The lowest BCUT2D eigenvalue weighted by Crippen LogP contribution is -2.13. The summed E-state index contributed by atoms with van der Waals surface area (Å²) in [5.74, 6) is 0.407. The molecular formula is C13H10BrN3O3S. The first-order valence-electron chi connectivity index (χ1n) is 5.74. The van der Waals surface area contributed by atoms with Crippen LogP contribution in [0.15, 0.2) is 52.1 Å². The summed E-state index contributed by atoms with van der Waals surface area (Å²) < 4.78 is 32.5. The molecule has 0 aliphatic heterocycles. The molecule has 0 spiro atoms. The minimum Gasteiger partial charge on any atom is -0.479 e. The highest BCUT2D eigenvalue weighted by Gasteiger charge is 2.15. The average Bonchev–Trinajstić information content (AvgIpc) is 2.45. The van der Waals surface area contributed by atoms with Gasteiger partial charge in [-0.2, -0.15) is 5.26 Å². The summed E-state index contributed by atoms with van der Waals surface area (Å²) in [6.45, 7) is -0.105. The number of nitriles is 1. The second kappa shape index (κ2) is 6.56. The van der Waals surface area contributed by atoms with Crippen molar-refractivity contribution in [2.45, 2.75) is 4.90 Å². The first-order valence-corrected chi connectivity index (χ1v) is 8.02. The molecule has 0 aliphatic rings. The van der Waals surface area contributed by atoms with Crippen LogP contribution in [0.1, 0.15) is 0 Å². The predicted molar refractivity (Wildman–Crippen MR) is 80.3 cm³/mol. The maximum atomic E-state index is 12.2. The van der Waals surface area contributed by atoms with Crippen LogP contribution in [-0.4, -0.2) is 20.0 Å². The van der Waals surface area contributed by atoms with Crippen molar-refractivity contribution in [1.29, 1.82) is 5.26 Å². The number of hydrogen-bond donors (Lipinski definition) is 1. The van der Waals surface area contributed by atoms with Crippen LogP contribution >= 0.6 is 15.9 Å². The van der Waals surface area contributed by atoms with E-state index < -0.39 is 10.0 Å². The lowest BCUT2D eigenvalue weighted by atomic mass is 10.3. The highest BCUT2D eigenvalue weighted by atomic mass is 79.9. The smallest absolute Gasteiger partial charge is 0.263 e. The molecule has 0 unspecified atom stereocenters. The van der Waals surface area contributed by atoms with E-state index in [1.54, 1.807) is 18.2 Å². The molecule has 1 aromatic carbocycles. The van der Waals surface area contributed by atoms with Gasteiger partial charge in [-0.15, -0.1) is 0 Å². The van der Waals surface area contributed by atoms with E-state index in [0.717, 1.165) is 0 Å². The number of sulfonamides is 1. The van der Waals surface area contributed by atoms with Crippen LogP contribution in [0.3, 0.4) is 0 Å². The highest BCUT2D eigenvalue weighted by molar-refractivity contribution is 9.10. The number of nitrogens with one attached hydrogen (secondary N) is 1. The lowest BCUT2D eigenvalue weighted by Gasteiger charge is -2.09. The quantitative estimate of drug-likeness (QED) is 0.876. The summed E-state index contributed by atoms with van der Waals surface area (Å²) in [7, 11) is -3.74. The van der Waals surface area contributed by atoms with Gasteiger partial charge >= 0.3 is 0 Å². The third kappa shape index (κ3) is 4.18. The molecule has 8 heteroatoms.